The number of nitrogens with one attached hydrogen (secondary N) is 2. The molecule has 1 amide bonds. The Morgan fingerprint density at radius 1 is 0.958 bits per heavy atom. The molecule has 0 saturated heterocycles. The van der Waals surface area contributed by atoms with Gasteiger partial charge in [-0.2, -0.15) is 0 Å². The standard InChI is InChI=1S/C16H15Cl3N2O3/c1-23-14-7-13(15(24-2)6-11(14)19)21-16(22)8-20-12-4-3-9(17)5-10(12)18/h3-7,20H,8H2,1-2H3,(H,21,22). The molecule has 2 aromatic rings. The first-order chi connectivity index (χ1) is 11.4. The molecule has 0 aliphatic rings. The van der Waals surface area contributed by atoms with Gasteiger partial charge in [0.05, 0.1) is 42.2 Å². The van der Waals surface area contributed by atoms with Crippen molar-refractivity contribution in [2.24, 2.45) is 0 Å². The van der Waals surface area contributed by atoms with Crippen LogP contribution in [-0.2, 0) is 4.79 Å². The average molecular weight is 390 g/mol. The van der Waals surface area contributed by atoms with E-state index in [1.807, 2.05) is 0 Å². The van der Waals surface area contributed by atoms with Gasteiger partial charge in [0.1, 0.15) is 11.5 Å². The van der Waals surface area contributed by atoms with Crippen LogP contribution >= 0.6 is 34.8 Å². The second-order valence-electron chi connectivity index (χ2n) is 4.71. The molecule has 0 saturated carbocycles. The predicted molar refractivity (Wildman–Crippen MR) is 98.1 cm³/mol. The molecule has 0 unspecified atom stereocenters. The number of halogens is 3. The van der Waals surface area contributed by atoms with E-state index in [0.717, 1.165) is 0 Å². The second-order valence-corrected chi connectivity index (χ2v) is 5.96. The summed E-state index contributed by atoms with van der Waals surface area (Å²) in [6, 6.07) is 8.13. The Labute approximate surface area is 154 Å². The minimum atomic E-state index is -0.288. The van der Waals surface area contributed by atoms with Crippen LogP contribution in [0.2, 0.25) is 15.1 Å². The van der Waals surface area contributed by atoms with Gasteiger partial charge in [-0.25, -0.2) is 0 Å². The van der Waals surface area contributed by atoms with Crippen molar-refractivity contribution in [1.82, 2.24) is 0 Å². The number of carbonyl (C=O) groups is 1. The highest BCUT2D eigenvalue weighted by molar-refractivity contribution is 6.36. The van der Waals surface area contributed by atoms with Crippen LogP contribution in [0.5, 0.6) is 11.5 Å². The molecule has 2 rings (SSSR count). The first-order valence-electron chi connectivity index (χ1n) is 6.85. The highest BCUT2D eigenvalue weighted by atomic mass is 35.5. The number of amides is 1. The molecule has 0 aromatic heterocycles. The lowest BCUT2D eigenvalue weighted by molar-refractivity contribution is -0.114. The predicted octanol–water partition coefficient (Wildman–Crippen LogP) is 4.71. The molecule has 0 radical (unpaired) electrons. The third-order valence-corrected chi connectivity index (χ3v) is 3.96. The third-order valence-electron chi connectivity index (χ3n) is 3.12. The van der Waals surface area contributed by atoms with Crippen LogP contribution in [0.3, 0.4) is 0 Å². The molecule has 0 aliphatic carbocycles. The molecule has 2 aromatic carbocycles. The summed E-state index contributed by atoms with van der Waals surface area (Å²) in [6.07, 6.45) is 0. The molecular formula is C16H15Cl3N2O3. The van der Waals surface area contributed by atoms with E-state index in [-0.39, 0.29) is 12.5 Å². The van der Waals surface area contributed by atoms with Gasteiger partial charge in [0.15, 0.2) is 0 Å². The van der Waals surface area contributed by atoms with Crippen molar-refractivity contribution >= 4 is 52.1 Å². The summed E-state index contributed by atoms with van der Waals surface area (Å²) in [5, 5.41) is 7.01. The molecule has 128 valence electrons. The van der Waals surface area contributed by atoms with E-state index in [1.165, 1.54) is 14.2 Å². The van der Waals surface area contributed by atoms with Gasteiger partial charge in [-0.15, -0.1) is 0 Å². The Bertz CT molecular complexity index is 754. The highest BCUT2D eigenvalue weighted by Gasteiger charge is 2.13. The van der Waals surface area contributed by atoms with Crippen LogP contribution in [-0.4, -0.2) is 26.7 Å². The first kappa shape index (κ1) is 18.5. The summed E-state index contributed by atoms with van der Waals surface area (Å²) < 4.78 is 10.3. The summed E-state index contributed by atoms with van der Waals surface area (Å²) in [5.74, 6) is 0.573. The number of ether oxygens (including phenoxy) is 2. The van der Waals surface area contributed by atoms with Crippen LogP contribution in [0.15, 0.2) is 30.3 Å². The van der Waals surface area contributed by atoms with Crippen molar-refractivity contribution in [3.63, 3.8) is 0 Å². The van der Waals surface area contributed by atoms with E-state index in [9.17, 15) is 4.79 Å². The molecule has 2 N–H and O–H groups in total. The number of carbonyl (C=O) groups excluding carboxylic acids is 1. The van der Waals surface area contributed by atoms with E-state index in [0.29, 0.717) is 37.9 Å². The van der Waals surface area contributed by atoms with Gasteiger partial charge in [-0.05, 0) is 18.2 Å². The number of methoxy groups -OCH3 is 2. The largest absolute Gasteiger partial charge is 0.495 e. The van der Waals surface area contributed by atoms with Gasteiger partial charge in [0, 0.05) is 17.2 Å². The van der Waals surface area contributed by atoms with Crippen LogP contribution in [0.1, 0.15) is 0 Å². The van der Waals surface area contributed by atoms with Crippen LogP contribution in [0, 0.1) is 0 Å². The third kappa shape index (κ3) is 4.60. The van der Waals surface area contributed by atoms with E-state index < -0.39 is 0 Å². The quantitative estimate of drug-likeness (QED) is 0.751. The Kier molecular flexibility index (Phi) is 6.43. The zero-order valence-electron chi connectivity index (χ0n) is 13.0. The Hall–Kier alpha value is -1.82. The Morgan fingerprint density at radius 2 is 1.67 bits per heavy atom. The maximum Gasteiger partial charge on any atom is 0.243 e. The zero-order valence-corrected chi connectivity index (χ0v) is 15.2. The lowest BCUT2D eigenvalue weighted by atomic mass is 10.2. The smallest absolute Gasteiger partial charge is 0.243 e. The molecular weight excluding hydrogens is 375 g/mol. The summed E-state index contributed by atoms with van der Waals surface area (Å²) in [6.45, 7) is 0.00937. The number of hydrogen-bond donors (Lipinski definition) is 2. The average Bonchev–Trinajstić information content (AvgIpc) is 2.55. The van der Waals surface area contributed by atoms with Crippen LogP contribution in [0.4, 0.5) is 11.4 Å². The van der Waals surface area contributed by atoms with E-state index >= 15 is 0 Å². The van der Waals surface area contributed by atoms with Gasteiger partial charge < -0.3 is 20.1 Å². The topological polar surface area (TPSA) is 59.6 Å². The molecule has 5 nitrogen and oxygen atoms in total. The van der Waals surface area contributed by atoms with Crippen molar-refractivity contribution in [3.8, 4) is 11.5 Å². The summed E-state index contributed by atoms with van der Waals surface area (Å²) >= 11 is 17.9. The maximum absolute atomic E-state index is 12.1. The number of hydrogen-bond acceptors (Lipinski definition) is 4. The molecule has 0 heterocycles. The normalized spacial score (nSPS) is 10.2. The molecule has 0 fully saturated rings. The van der Waals surface area contributed by atoms with Crippen molar-refractivity contribution in [2.75, 3.05) is 31.4 Å². The fourth-order valence-corrected chi connectivity index (χ4v) is 2.67. The van der Waals surface area contributed by atoms with Gasteiger partial charge in [0.2, 0.25) is 5.91 Å². The van der Waals surface area contributed by atoms with Crippen LogP contribution < -0.4 is 20.1 Å². The van der Waals surface area contributed by atoms with Gasteiger partial charge in [-0.1, -0.05) is 34.8 Å². The van der Waals surface area contributed by atoms with Gasteiger partial charge in [-0.3, -0.25) is 4.79 Å². The fraction of sp³-hybridized carbons (Fsp3) is 0.188. The zero-order chi connectivity index (χ0) is 17.7. The molecule has 0 bridgehead atoms. The summed E-state index contributed by atoms with van der Waals surface area (Å²) in [7, 11) is 2.98. The highest BCUT2D eigenvalue weighted by Crippen LogP contribution is 2.35. The van der Waals surface area contributed by atoms with Crippen molar-refractivity contribution in [1.29, 1.82) is 0 Å². The van der Waals surface area contributed by atoms with Gasteiger partial charge in [0.25, 0.3) is 0 Å². The number of anilines is 2. The maximum atomic E-state index is 12.1. The van der Waals surface area contributed by atoms with Crippen molar-refractivity contribution in [2.45, 2.75) is 0 Å². The van der Waals surface area contributed by atoms with E-state index in [2.05, 4.69) is 10.6 Å². The fourth-order valence-electron chi connectivity index (χ4n) is 1.96. The molecule has 0 aliphatic heterocycles. The minimum absolute atomic E-state index is 0.00937. The molecule has 24 heavy (non-hydrogen) atoms. The van der Waals surface area contributed by atoms with Crippen LogP contribution in [0.25, 0.3) is 0 Å². The van der Waals surface area contributed by atoms with Crippen molar-refractivity contribution in [3.05, 3.63) is 45.4 Å². The summed E-state index contributed by atoms with van der Waals surface area (Å²) in [4.78, 5) is 12.1. The minimum Gasteiger partial charge on any atom is -0.495 e. The Balaban J connectivity index is 2.06. The Morgan fingerprint density at radius 3 is 2.29 bits per heavy atom. The summed E-state index contributed by atoms with van der Waals surface area (Å²) in [5.41, 5.74) is 1.06. The van der Waals surface area contributed by atoms with E-state index in [4.69, 9.17) is 44.3 Å². The second kappa shape index (κ2) is 8.33. The van der Waals surface area contributed by atoms with Crippen molar-refractivity contribution < 1.29 is 14.3 Å². The number of rotatable bonds is 6. The monoisotopic (exact) mass is 388 g/mol. The SMILES string of the molecule is COc1cc(NC(=O)CNc2ccc(Cl)cc2Cl)c(OC)cc1Cl. The lowest BCUT2D eigenvalue weighted by Gasteiger charge is -2.14. The molecule has 8 heteroatoms. The first-order valence-corrected chi connectivity index (χ1v) is 7.98. The molecule has 0 atom stereocenters. The van der Waals surface area contributed by atoms with E-state index in [1.54, 1.807) is 30.3 Å². The number of benzene rings is 2. The lowest BCUT2D eigenvalue weighted by Crippen LogP contribution is -2.22. The molecule has 0 spiro atoms. The van der Waals surface area contributed by atoms with Gasteiger partial charge >= 0.3 is 0 Å².